The van der Waals surface area contributed by atoms with Crippen molar-refractivity contribution in [1.29, 1.82) is 0 Å². The number of hydrogen-bond acceptors (Lipinski definition) is 6. The van der Waals surface area contributed by atoms with Gasteiger partial charge in [0.2, 0.25) is 0 Å². The molecule has 1 aliphatic rings. The van der Waals surface area contributed by atoms with E-state index in [-0.39, 0.29) is 18.3 Å². The number of hydrogen-bond donors (Lipinski definition) is 1. The van der Waals surface area contributed by atoms with Crippen LogP contribution in [0.3, 0.4) is 0 Å². The first-order chi connectivity index (χ1) is 11.0. The van der Waals surface area contributed by atoms with Gasteiger partial charge in [-0.3, -0.25) is 0 Å². The Morgan fingerprint density at radius 2 is 1.83 bits per heavy atom. The quantitative estimate of drug-likeness (QED) is 0.764. The lowest BCUT2D eigenvalue weighted by Crippen LogP contribution is -2.44. The van der Waals surface area contributed by atoms with Crippen LogP contribution in [0.25, 0.3) is 22.5 Å². The third-order valence-electron chi connectivity index (χ3n) is 4.49. The molecule has 1 fully saturated rings. The minimum Gasteiger partial charge on any atom is -0.334 e. The van der Waals surface area contributed by atoms with E-state index >= 15 is 0 Å². The lowest BCUT2D eigenvalue weighted by atomic mass is 9.77. The van der Waals surface area contributed by atoms with Crippen LogP contribution in [0.5, 0.6) is 0 Å². The molecule has 2 N–H and O–H groups in total. The summed E-state index contributed by atoms with van der Waals surface area (Å²) in [5.41, 5.74) is 8.68. The molecule has 24 heavy (non-hydrogen) atoms. The van der Waals surface area contributed by atoms with Gasteiger partial charge in [-0.05, 0) is 39.2 Å². The molecule has 0 amide bonds. The van der Waals surface area contributed by atoms with Gasteiger partial charge in [-0.15, -0.1) is 12.4 Å². The summed E-state index contributed by atoms with van der Waals surface area (Å²) in [5.74, 6) is 0.266. The van der Waals surface area contributed by atoms with Gasteiger partial charge < -0.3 is 10.3 Å². The SMILES string of the molecule is Cc1nc2cc(F)cc(-c3nc(C4(N)CCC4)no3)c2nc1C.Cl. The van der Waals surface area contributed by atoms with Crippen molar-refractivity contribution >= 4 is 23.4 Å². The van der Waals surface area contributed by atoms with Gasteiger partial charge in [0.25, 0.3) is 5.89 Å². The third kappa shape index (κ3) is 2.53. The lowest BCUT2D eigenvalue weighted by Gasteiger charge is -2.34. The normalized spacial score (nSPS) is 15.8. The highest BCUT2D eigenvalue weighted by atomic mass is 35.5. The molecule has 3 aromatic rings. The van der Waals surface area contributed by atoms with Crippen molar-refractivity contribution in [3.8, 4) is 11.5 Å². The molecular weight excluding hydrogens is 333 g/mol. The summed E-state index contributed by atoms with van der Waals surface area (Å²) in [4.78, 5) is 13.3. The van der Waals surface area contributed by atoms with Crippen LogP contribution in [0.4, 0.5) is 4.39 Å². The van der Waals surface area contributed by atoms with Crippen molar-refractivity contribution in [3.05, 3.63) is 35.2 Å². The Kier molecular flexibility index (Phi) is 4.01. The summed E-state index contributed by atoms with van der Waals surface area (Å²) in [7, 11) is 0. The molecule has 2 aromatic heterocycles. The molecule has 6 nitrogen and oxygen atoms in total. The maximum Gasteiger partial charge on any atom is 0.260 e. The van der Waals surface area contributed by atoms with Crippen molar-refractivity contribution in [2.75, 3.05) is 0 Å². The van der Waals surface area contributed by atoms with Crippen LogP contribution in [-0.2, 0) is 5.54 Å². The minimum absolute atomic E-state index is 0. The Bertz CT molecular complexity index is 922. The average molecular weight is 350 g/mol. The molecule has 0 radical (unpaired) electrons. The van der Waals surface area contributed by atoms with Gasteiger partial charge in [-0.2, -0.15) is 4.98 Å². The average Bonchev–Trinajstić information content (AvgIpc) is 2.96. The number of halogens is 2. The first-order valence-corrected chi connectivity index (χ1v) is 7.54. The maximum absolute atomic E-state index is 14.0. The van der Waals surface area contributed by atoms with E-state index in [1.165, 1.54) is 12.1 Å². The molecule has 0 atom stereocenters. The van der Waals surface area contributed by atoms with Gasteiger partial charge in [0, 0.05) is 6.07 Å². The zero-order valence-electron chi connectivity index (χ0n) is 13.3. The molecule has 4 rings (SSSR count). The van der Waals surface area contributed by atoms with Crippen molar-refractivity contribution in [2.45, 2.75) is 38.6 Å². The number of aryl methyl sites for hydroxylation is 2. The van der Waals surface area contributed by atoms with Gasteiger partial charge >= 0.3 is 0 Å². The maximum atomic E-state index is 14.0. The van der Waals surface area contributed by atoms with Crippen molar-refractivity contribution in [2.24, 2.45) is 5.73 Å². The van der Waals surface area contributed by atoms with E-state index in [1.807, 2.05) is 13.8 Å². The number of fused-ring (bicyclic) bond motifs is 1. The Morgan fingerprint density at radius 1 is 1.12 bits per heavy atom. The van der Waals surface area contributed by atoms with Gasteiger partial charge in [0.15, 0.2) is 5.82 Å². The Labute approximate surface area is 144 Å². The summed E-state index contributed by atoms with van der Waals surface area (Å²) in [6.07, 6.45) is 2.70. The smallest absolute Gasteiger partial charge is 0.260 e. The first kappa shape index (κ1) is 16.7. The van der Waals surface area contributed by atoms with Crippen LogP contribution < -0.4 is 5.73 Å². The van der Waals surface area contributed by atoms with E-state index in [0.717, 1.165) is 30.7 Å². The lowest BCUT2D eigenvalue weighted by molar-refractivity contribution is 0.229. The molecule has 0 unspecified atom stereocenters. The Morgan fingerprint density at radius 3 is 2.50 bits per heavy atom. The fourth-order valence-electron chi connectivity index (χ4n) is 2.78. The molecule has 1 aromatic carbocycles. The second-order valence-corrected chi connectivity index (χ2v) is 6.15. The van der Waals surface area contributed by atoms with Crippen LogP contribution in [0.1, 0.15) is 36.5 Å². The van der Waals surface area contributed by atoms with E-state index in [2.05, 4.69) is 20.1 Å². The topological polar surface area (TPSA) is 90.7 Å². The van der Waals surface area contributed by atoms with E-state index in [0.29, 0.717) is 22.4 Å². The Hall–Kier alpha value is -2.12. The highest BCUT2D eigenvalue weighted by molar-refractivity contribution is 5.89. The number of nitrogens with zero attached hydrogens (tertiary/aromatic N) is 4. The molecule has 1 saturated carbocycles. The molecule has 0 bridgehead atoms. The zero-order valence-corrected chi connectivity index (χ0v) is 14.2. The van der Waals surface area contributed by atoms with Gasteiger partial charge in [0.1, 0.15) is 11.3 Å². The Balaban J connectivity index is 0.00000169. The zero-order chi connectivity index (χ0) is 16.2. The largest absolute Gasteiger partial charge is 0.334 e. The standard InChI is InChI=1S/C16H16FN5O.ClH/c1-8-9(2)20-13-11(6-10(17)7-12(13)19-8)14-21-15(22-23-14)16(18)4-3-5-16;/h6-7H,3-5,18H2,1-2H3;1H. The van der Waals surface area contributed by atoms with E-state index in [4.69, 9.17) is 10.3 Å². The van der Waals surface area contributed by atoms with Crippen LogP contribution in [0, 0.1) is 19.7 Å². The summed E-state index contributed by atoms with van der Waals surface area (Å²) < 4.78 is 19.3. The van der Waals surface area contributed by atoms with Crippen LogP contribution >= 0.6 is 12.4 Å². The molecule has 1 aliphatic carbocycles. The summed E-state index contributed by atoms with van der Waals surface area (Å²) in [5, 5.41) is 3.98. The molecule has 0 saturated heterocycles. The van der Waals surface area contributed by atoms with Gasteiger partial charge in [-0.25, -0.2) is 14.4 Å². The highest BCUT2D eigenvalue weighted by Gasteiger charge is 2.39. The van der Waals surface area contributed by atoms with E-state index in [9.17, 15) is 4.39 Å². The molecule has 126 valence electrons. The molecular formula is C16H17ClFN5O. The van der Waals surface area contributed by atoms with Gasteiger partial charge in [-0.1, -0.05) is 5.16 Å². The highest BCUT2D eigenvalue weighted by Crippen LogP contribution is 2.38. The summed E-state index contributed by atoms with van der Waals surface area (Å²) >= 11 is 0. The van der Waals surface area contributed by atoms with Crippen molar-refractivity contribution in [1.82, 2.24) is 20.1 Å². The molecule has 2 heterocycles. The van der Waals surface area contributed by atoms with Crippen LogP contribution in [-0.4, -0.2) is 20.1 Å². The number of aromatic nitrogens is 4. The van der Waals surface area contributed by atoms with Crippen LogP contribution in [0.15, 0.2) is 16.7 Å². The van der Waals surface area contributed by atoms with Crippen molar-refractivity contribution in [3.63, 3.8) is 0 Å². The second-order valence-electron chi connectivity index (χ2n) is 6.15. The van der Waals surface area contributed by atoms with Gasteiger partial charge in [0.05, 0.1) is 28.0 Å². The van der Waals surface area contributed by atoms with E-state index in [1.54, 1.807) is 0 Å². The number of benzene rings is 1. The first-order valence-electron chi connectivity index (χ1n) is 7.54. The van der Waals surface area contributed by atoms with Crippen molar-refractivity contribution < 1.29 is 8.91 Å². The fraction of sp³-hybridized carbons (Fsp3) is 0.375. The molecule has 8 heteroatoms. The second kappa shape index (κ2) is 5.75. The molecule has 0 aliphatic heterocycles. The monoisotopic (exact) mass is 349 g/mol. The molecule has 0 spiro atoms. The summed E-state index contributed by atoms with van der Waals surface area (Å²) in [6, 6.07) is 2.69. The predicted octanol–water partition coefficient (Wildman–Crippen LogP) is 3.20. The minimum atomic E-state index is -0.525. The fourth-order valence-corrected chi connectivity index (χ4v) is 2.78. The van der Waals surface area contributed by atoms with Crippen LogP contribution in [0.2, 0.25) is 0 Å². The number of rotatable bonds is 2. The van der Waals surface area contributed by atoms with E-state index < -0.39 is 11.4 Å². The summed E-state index contributed by atoms with van der Waals surface area (Å²) in [6.45, 7) is 3.70. The predicted molar refractivity (Wildman–Crippen MR) is 89.2 cm³/mol. The number of nitrogens with two attached hydrogens (primary N) is 1. The third-order valence-corrected chi connectivity index (χ3v) is 4.49.